The van der Waals surface area contributed by atoms with Crippen LogP contribution in [-0.2, 0) is 19.1 Å². The predicted octanol–water partition coefficient (Wildman–Crippen LogP) is 3.29. The molecule has 1 aliphatic rings. The topological polar surface area (TPSA) is 84.5 Å². The second-order valence-electron chi connectivity index (χ2n) is 6.38. The van der Waals surface area contributed by atoms with E-state index in [0.717, 1.165) is 21.7 Å². The van der Waals surface area contributed by atoms with Crippen LogP contribution < -0.4 is 10.6 Å². The van der Waals surface area contributed by atoms with E-state index < -0.39 is 17.1 Å². The summed E-state index contributed by atoms with van der Waals surface area (Å²) < 4.78 is 5.03. The molecule has 0 saturated heterocycles. The lowest BCUT2D eigenvalue weighted by Gasteiger charge is -2.23. The number of hydrogen-bond donors (Lipinski definition) is 2. The summed E-state index contributed by atoms with van der Waals surface area (Å²) in [6.07, 6.45) is -0.0956. The van der Waals surface area contributed by atoms with E-state index in [1.165, 1.54) is 11.8 Å². The van der Waals surface area contributed by atoms with Gasteiger partial charge in [0.25, 0.3) is 5.91 Å². The molecule has 0 unspecified atom stereocenters. The van der Waals surface area contributed by atoms with Crippen LogP contribution in [0.3, 0.4) is 0 Å². The number of hydrogen-bond acceptors (Lipinski definition) is 5. The van der Waals surface area contributed by atoms with Crippen molar-refractivity contribution in [1.82, 2.24) is 0 Å². The van der Waals surface area contributed by atoms with Crippen molar-refractivity contribution < 1.29 is 19.1 Å². The zero-order chi connectivity index (χ0) is 19.4. The van der Waals surface area contributed by atoms with Crippen molar-refractivity contribution in [3.05, 3.63) is 53.6 Å². The number of benzene rings is 2. The molecular weight excluding hydrogens is 364 g/mol. The molecule has 1 aliphatic heterocycles. The molecule has 2 aromatic rings. The number of esters is 1. The van der Waals surface area contributed by atoms with Crippen LogP contribution in [0.5, 0.6) is 0 Å². The van der Waals surface area contributed by atoms with Crippen molar-refractivity contribution in [3.63, 3.8) is 0 Å². The normalized spacial score (nSPS) is 15.5. The van der Waals surface area contributed by atoms with E-state index >= 15 is 0 Å². The Hall–Kier alpha value is -2.80. The predicted molar refractivity (Wildman–Crippen MR) is 105 cm³/mol. The zero-order valence-corrected chi connectivity index (χ0v) is 15.9. The number of carbonyl (C=O) groups excluding carboxylic acids is 3. The summed E-state index contributed by atoms with van der Waals surface area (Å²) in [5.41, 5.74) is 3.46. The Morgan fingerprint density at radius 3 is 2.59 bits per heavy atom. The number of nitrogens with one attached hydrogen (secondary N) is 2. The first-order chi connectivity index (χ1) is 12.9. The third-order valence-corrected chi connectivity index (χ3v) is 5.20. The second kappa shape index (κ2) is 8.26. The van der Waals surface area contributed by atoms with Gasteiger partial charge >= 0.3 is 5.97 Å². The molecule has 2 aromatic carbocycles. The average Bonchev–Trinajstić information content (AvgIpc) is 2.60. The van der Waals surface area contributed by atoms with E-state index in [4.69, 9.17) is 4.74 Å². The standard InChI is InChI=1S/C20H20N2O4S/c1-12-7-13(2)9-14(8-12)21-18(23)11-26-19(24)10-17-20(25)22-15-5-3-4-6-16(15)27-17/h3-9,17H,10-11H2,1-2H3,(H,21,23)(H,22,25)/t17-/m0/s1. The smallest absolute Gasteiger partial charge is 0.307 e. The van der Waals surface area contributed by atoms with Crippen LogP contribution in [0.2, 0.25) is 0 Å². The van der Waals surface area contributed by atoms with Gasteiger partial charge in [-0.05, 0) is 49.2 Å². The fourth-order valence-corrected chi connectivity index (χ4v) is 3.92. The molecule has 3 rings (SSSR count). The highest BCUT2D eigenvalue weighted by Crippen LogP contribution is 2.36. The molecule has 1 atom stereocenters. The van der Waals surface area contributed by atoms with Gasteiger partial charge < -0.3 is 15.4 Å². The van der Waals surface area contributed by atoms with Crippen molar-refractivity contribution in [1.29, 1.82) is 0 Å². The minimum Gasteiger partial charge on any atom is -0.456 e. The van der Waals surface area contributed by atoms with Crippen LogP contribution in [0.1, 0.15) is 17.5 Å². The van der Waals surface area contributed by atoms with Gasteiger partial charge in [0.2, 0.25) is 5.91 Å². The highest BCUT2D eigenvalue weighted by atomic mass is 32.2. The van der Waals surface area contributed by atoms with Gasteiger partial charge in [0.1, 0.15) is 0 Å². The van der Waals surface area contributed by atoms with E-state index in [1.807, 2.05) is 56.3 Å². The van der Waals surface area contributed by atoms with Crippen molar-refractivity contribution in [2.75, 3.05) is 17.2 Å². The Morgan fingerprint density at radius 1 is 1.15 bits per heavy atom. The third kappa shape index (κ3) is 5.10. The largest absolute Gasteiger partial charge is 0.456 e. The van der Waals surface area contributed by atoms with Crippen molar-refractivity contribution >= 4 is 40.9 Å². The van der Waals surface area contributed by atoms with Gasteiger partial charge in [-0.3, -0.25) is 14.4 Å². The number of amides is 2. The summed E-state index contributed by atoms with van der Waals surface area (Å²) in [5, 5.41) is 4.91. The number of ether oxygens (including phenoxy) is 1. The molecule has 2 amide bonds. The van der Waals surface area contributed by atoms with Crippen LogP contribution in [0.25, 0.3) is 0 Å². The molecule has 2 N–H and O–H groups in total. The second-order valence-corrected chi connectivity index (χ2v) is 7.63. The van der Waals surface area contributed by atoms with Gasteiger partial charge in [0.15, 0.2) is 6.61 Å². The Morgan fingerprint density at radius 2 is 1.85 bits per heavy atom. The SMILES string of the molecule is Cc1cc(C)cc(NC(=O)COC(=O)C[C@@H]2Sc3ccccc3NC2=O)c1. The van der Waals surface area contributed by atoms with Crippen LogP contribution in [0.4, 0.5) is 11.4 Å². The molecule has 0 radical (unpaired) electrons. The number of thioether (sulfide) groups is 1. The highest BCUT2D eigenvalue weighted by Gasteiger charge is 2.29. The van der Waals surface area contributed by atoms with Crippen LogP contribution in [0.15, 0.2) is 47.4 Å². The van der Waals surface area contributed by atoms with Crippen LogP contribution in [0, 0.1) is 13.8 Å². The molecular formula is C20H20N2O4S. The number of carbonyl (C=O) groups is 3. The first-order valence-corrected chi connectivity index (χ1v) is 9.39. The fourth-order valence-electron chi connectivity index (χ4n) is 2.83. The molecule has 7 heteroatoms. The van der Waals surface area contributed by atoms with Crippen molar-refractivity contribution in [2.45, 2.75) is 30.4 Å². The maximum Gasteiger partial charge on any atom is 0.307 e. The summed E-state index contributed by atoms with van der Waals surface area (Å²) in [6, 6.07) is 13.1. The Labute approximate surface area is 161 Å². The monoisotopic (exact) mass is 384 g/mol. The number of aryl methyl sites for hydroxylation is 2. The van der Waals surface area contributed by atoms with Crippen molar-refractivity contribution in [3.8, 4) is 0 Å². The van der Waals surface area contributed by atoms with Gasteiger partial charge in [-0.15, -0.1) is 11.8 Å². The number of anilines is 2. The molecule has 27 heavy (non-hydrogen) atoms. The molecule has 0 fully saturated rings. The maximum absolute atomic E-state index is 12.1. The van der Waals surface area contributed by atoms with Gasteiger partial charge in [0, 0.05) is 10.6 Å². The zero-order valence-electron chi connectivity index (χ0n) is 15.1. The summed E-state index contributed by atoms with van der Waals surface area (Å²) in [5.74, 6) is -1.24. The number of para-hydroxylation sites is 1. The van der Waals surface area contributed by atoms with E-state index in [-0.39, 0.29) is 18.9 Å². The van der Waals surface area contributed by atoms with Gasteiger partial charge in [-0.2, -0.15) is 0 Å². The highest BCUT2D eigenvalue weighted by molar-refractivity contribution is 8.01. The molecule has 1 heterocycles. The van der Waals surface area contributed by atoms with Gasteiger partial charge in [-0.25, -0.2) is 0 Å². The molecule has 0 bridgehead atoms. The molecule has 0 spiro atoms. The molecule has 0 saturated carbocycles. The summed E-state index contributed by atoms with van der Waals surface area (Å²) >= 11 is 1.32. The van der Waals surface area contributed by atoms with E-state index in [9.17, 15) is 14.4 Å². The van der Waals surface area contributed by atoms with Gasteiger partial charge in [-0.1, -0.05) is 18.2 Å². The average molecular weight is 384 g/mol. The van der Waals surface area contributed by atoms with Crippen molar-refractivity contribution in [2.24, 2.45) is 0 Å². The van der Waals surface area contributed by atoms with Crippen LogP contribution in [-0.4, -0.2) is 29.6 Å². The van der Waals surface area contributed by atoms with E-state index in [2.05, 4.69) is 10.6 Å². The first-order valence-electron chi connectivity index (χ1n) is 8.51. The third-order valence-electron chi connectivity index (χ3n) is 3.93. The maximum atomic E-state index is 12.1. The Kier molecular flexibility index (Phi) is 5.81. The molecule has 6 nitrogen and oxygen atoms in total. The minimum atomic E-state index is -0.586. The van der Waals surface area contributed by atoms with E-state index in [0.29, 0.717) is 5.69 Å². The Bertz CT molecular complexity index is 877. The number of fused-ring (bicyclic) bond motifs is 1. The summed E-state index contributed by atoms with van der Waals surface area (Å²) in [4.78, 5) is 37.0. The summed E-state index contributed by atoms with van der Waals surface area (Å²) in [6.45, 7) is 3.49. The molecule has 0 aromatic heterocycles. The lowest BCUT2D eigenvalue weighted by molar-refractivity contribution is -0.147. The molecule has 0 aliphatic carbocycles. The number of rotatable bonds is 5. The minimum absolute atomic E-state index is 0.0956. The lowest BCUT2D eigenvalue weighted by Crippen LogP contribution is -2.32. The van der Waals surface area contributed by atoms with Crippen LogP contribution >= 0.6 is 11.8 Å². The first kappa shape index (κ1) is 19.0. The van der Waals surface area contributed by atoms with Gasteiger partial charge in [0.05, 0.1) is 17.4 Å². The lowest BCUT2D eigenvalue weighted by atomic mass is 10.1. The quantitative estimate of drug-likeness (QED) is 0.773. The van der Waals surface area contributed by atoms with E-state index in [1.54, 1.807) is 0 Å². The Balaban J connectivity index is 1.49. The summed E-state index contributed by atoms with van der Waals surface area (Å²) in [7, 11) is 0. The fraction of sp³-hybridized carbons (Fsp3) is 0.250. The molecule has 140 valence electrons.